The van der Waals surface area contributed by atoms with Crippen molar-refractivity contribution >= 4 is 29.5 Å². The van der Waals surface area contributed by atoms with E-state index in [-0.39, 0.29) is 42.2 Å². The first-order chi connectivity index (χ1) is 15.9. The number of aliphatic hydroxyl groups is 1. The second-order valence-electron chi connectivity index (χ2n) is 10.0. The molecule has 0 aromatic carbocycles. The number of unbranched alkanes of at least 4 members (excludes halogenated alkanes) is 2. The van der Waals surface area contributed by atoms with Gasteiger partial charge in [0, 0.05) is 18.3 Å². The third-order valence-corrected chi connectivity index (χ3v) is 9.06. The molecule has 0 bridgehead atoms. The minimum absolute atomic E-state index is 0.0736. The summed E-state index contributed by atoms with van der Waals surface area (Å²) < 4.78 is 4.56. The molecule has 4 heterocycles. The van der Waals surface area contributed by atoms with E-state index in [0.717, 1.165) is 19.3 Å². The van der Waals surface area contributed by atoms with E-state index < -0.39 is 28.7 Å². The predicted octanol–water partition coefficient (Wildman–Crippen LogP) is 2.39. The van der Waals surface area contributed by atoms with Crippen LogP contribution in [0.2, 0.25) is 0 Å². The Hall–Kier alpha value is -1.80. The number of likely N-dealkylation sites (tertiary alicyclic amines) is 1. The zero-order valence-corrected chi connectivity index (χ0v) is 20.6. The summed E-state index contributed by atoms with van der Waals surface area (Å²) in [4.78, 5) is 44.5. The normalized spacial score (nSPS) is 34.2. The first-order valence-electron chi connectivity index (χ1n) is 12.3. The van der Waals surface area contributed by atoms with Crippen molar-refractivity contribution in [3.05, 3.63) is 24.3 Å². The molecule has 1 unspecified atom stereocenters. The molecule has 4 aliphatic heterocycles. The summed E-state index contributed by atoms with van der Waals surface area (Å²) in [5.41, 5.74) is 0. The molecule has 2 saturated heterocycles. The number of aliphatic hydroxyl groups excluding tert-OH is 1. The van der Waals surface area contributed by atoms with Crippen LogP contribution in [-0.2, 0) is 19.1 Å². The Balaban J connectivity index is 1.78. The van der Waals surface area contributed by atoms with Gasteiger partial charge in [-0.2, -0.15) is 0 Å². The molecule has 2 amide bonds. The van der Waals surface area contributed by atoms with Gasteiger partial charge in [-0.3, -0.25) is 14.4 Å². The zero-order valence-electron chi connectivity index (χ0n) is 19.8. The summed E-state index contributed by atoms with van der Waals surface area (Å²) in [5, 5.41) is 10.1. The van der Waals surface area contributed by atoms with Gasteiger partial charge in [0.2, 0.25) is 11.8 Å². The molecule has 33 heavy (non-hydrogen) atoms. The lowest BCUT2D eigenvalue weighted by atomic mass is 9.78. The van der Waals surface area contributed by atoms with Crippen LogP contribution in [0.15, 0.2) is 24.3 Å². The second-order valence-corrected chi connectivity index (χ2v) is 11.5. The Bertz CT molecular complexity index is 843. The van der Waals surface area contributed by atoms with E-state index >= 15 is 0 Å². The highest BCUT2D eigenvalue weighted by atomic mass is 32.2. The zero-order chi connectivity index (χ0) is 23.8. The summed E-state index contributed by atoms with van der Waals surface area (Å²) in [6.07, 6.45) is 11.4. The Morgan fingerprint density at radius 2 is 2.00 bits per heavy atom. The van der Waals surface area contributed by atoms with E-state index in [9.17, 15) is 19.5 Å². The van der Waals surface area contributed by atoms with Gasteiger partial charge in [0.15, 0.2) is 0 Å². The SMILES string of the molecule is CCCCCN1CC=C[C@]23S[C@H]4C=CCOC(=O)[C@H]4[C@H]2C(=O)N([C@@H](CO)CC(C)C)C3C1=O. The van der Waals surface area contributed by atoms with Crippen molar-refractivity contribution in [1.29, 1.82) is 0 Å². The maximum atomic E-state index is 14.0. The lowest BCUT2D eigenvalue weighted by molar-refractivity contribution is -0.152. The number of esters is 1. The van der Waals surface area contributed by atoms with E-state index in [1.54, 1.807) is 16.7 Å². The average molecular weight is 477 g/mol. The van der Waals surface area contributed by atoms with Crippen LogP contribution in [0.25, 0.3) is 0 Å². The fourth-order valence-electron chi connectivity index (χ4n) is 5.92. The van der Waals surface area contributed by atoms with E-state index in [1.807, 2.05) is 43.1 Å². The van der Waals surface area contributed by atoms with Gasteiger partial charge in [-0.15, -0.1) is 11.8 Å². The molecule has 0 aromatic heterocycles. The van der Waals surface area contributed by atoms with Crippen molar-refractivity contribution in [2.45, 2.75) is 68.5 Å². The van der Waals surface area contributed by atoms with Crippen LogP contribution in [0.4, 0.5) is 0 Å². The molecule has 0 saturated carbocycles. The number of hydrogen-bond donors (Lipinski definition) is 1. The number of hydrogen-bond acceptors (Lipinski definition) is 6. The summed E-state index contributed by atoms with van der Waals surface area (Å²) in [6, 6.07) is -1.20. The molecule has 0 aliphatic carbocycles. The van der Waals surface area contributed by atoms with E-state index in [0.29, 0.717) is 19.5 Å². The molecular weight excluding hydrogens is 440 g/mol. The first kappa shape index (κ1) is 24.3. The molecule has 4 aliphatic rings. The molecule has 1 spiro atoms. The minimum Gasteiger partial charge on any atom is -0.461 e. The topological polar surface area (TPSA) is 87.2 Å². The fraction of sp³-hybridized carbons (Fsp3) is 0.720. The lowest BCUT2D eigenvalue weighted by Gasteiger charge is -2.39. The summed E-state index contributed by atoms with van der Waals surface area (Å²) in [5.74, 6) is -1.71. The number of amides is 2. The van der Waals surface area contributed by atoms with E-state index in [4.69, 9.17) is 4.74 Å². The molecule has 7 nitrogen and oxygen atoms in total. The van der Waals surface area contributed by atoms with Crippen molar-refractivity contribution in [3.63, 3.8) is 0 Å². The number of carbonyl (C=O) groups excluding carboxylic acids is 3. The van der Waals surface area contributed by atoms with Crippen molar-refractivity contribution in [2.75, 3.05) is 26.3 Å². The maximum Gasteiger partial charge on any atom is 0.311 e. The van der Waals surface area contributed by atoms with Crippen LogP contribution in [0, 0.1) is 17.8 Å². The number of nitrogens with zero attached hydrogens (tertiary/aromatic N) is 2. The third kappa shape index (κ3) is 4.14. The van der Waals surface area contributed by atoms with Gasteiger partial charge in [-0.25, -0.2) is 0 Å². The van der Waals surface area contributed by atoms with Crippen molar-refractivity contribution < 1.29 is 24.2 Å². The van der Waals surface area contributed by atoms with Crippen LogP contribution < -0.4 is 0 Å². The molecule has 6 atom stereocenters. The van der Waals surface area contributed by atoms with Crippen LogP contribution >= 0.6 is 11.8 Å². The van der Waals surface area contributed by atoms with Crippen LogP contribution in [-0.4, -0.2) is 81.1 Å². The quantitative estimate of drug-likeness (QED) is 0.329. The van der Waals surface area contributed by atoms with Gasteiger partial charge in [-0.05, 0) is 18.8 Å². The monoisotopic (exact) mass is 476 g/mol. The van der Waals surface area contributed by atoms with E-state index in [1.165, 1.54) is 0 Å². The molecule has 1 N–H and O–H groups in total. The van der Waals surface area contributed by atoms with E-state index in [2.05, 4.69) is 6.92 Å². The van der Waals surface area contributed by atoms with Crippen molar-refractivity contribution in [1.82, 2.24) is 9.80 Å². The molecule has 182 valence electrons. The molecule has 8 heteroatoms. The maximum absolute atomic E-state index is 14.0. The Kier molecular flexibility index (Phi) is 7.24. The highest BCUT2D eigenvalue weighted by Gasteiger charge is 2.71. The standard InChI is InChI=1S/C25H36N2O5S/c1-4-5-6-11-26-12-8-10-25-20(19-18(33-25)9-7-13-32-24(19)31)22(29)27(21(25)23(26)30)17(15-28)14-16(2)3/h7-10,16-21,28H,4-6,11-15H2,1-3H3/t17-,18+,19-,20+,21?,25+/m1/s1. The molecule has 0 radical (unpaired) electrons. The number of fused-ring (bicyclic) bond motifs is 2. The highest BCUT2D eigenvalue weighted by Crippen LogP contribution is 2.61. The van der Waals surface area contributed by atoms with Gasteiger partial charge in [0.1, 0.15) is 12.6 Å². The smallest absolute Gasteiger partial charge is 0.311 e. The average Bonchev–Trinajstić information content (AvgIpc) is 3.09. The first-order valence-corrected chi connectivity index (χ1v) is 13.1. The number of thioether (sulfide) groups is 1. The summed E-state index contributed by atoms with van der Waals surface area (Å²) in [7, 11) is 0. The number of cyclic esters (lactones) is 1. The van der Waals surface area contributed by atoms with Crippen molar-refractivity contribution in [2.24, 2.45) is 17.8 Å². The second kappa shape index (κ2) is 9.82. The van der Waals surface area contributed by atoms with Gasteiger partial charge >= 0.3 is 5.97 Å². The van der Waals surface area contributed by atoms with Crippen LogP contribution in [0.1, 0.15) is 46.5 Å². The van der Waals surface area contributed by atoms with Crippen molar-refractivity contribution in [3.8, 4) is 0 Å². The number of rotatable bonds is 8. The molecule has 0 aromatic rings. The lowest BCUT2D eigenvalue weighted by Crippen LogP contribution is -2.56. The highest BCUT2D eigenvalue weighted by molar-refractivity contribution is 8.02. The van der Waals surface area contributed by atoms with Gasteiger partial charge in [0.05, 0.1) is 29.2 Å². The summed E-state index contributed by atoms with van der Waals surface area (Å²) >= 11 is 1.55. The van der Waals surface area contributed by atoms with Crippen LogP contribution in [0.3, 0.4) is 0 Å². The Morgan fingerprint density at radius 3 is 2.70 bits per heavy atom. The fourth-order valence-corrected chi connectivity index (χ4v) is 7.91. The van der Waals surface area contributed by atoms with Crippen LogP contribution in [0.5, 0.6) is 0 Å². The Labute approximate surface area is 200 Å². The summed E-state index contributed by atoms with van der Waals surface area (Å²) in [6.45, 7) is 7.36. The van der Waals surface area contributed by atoms with Gasteiger partial charge < -0.3 is 19.6 Å². The molecular formula is C25H36N2O5S. The van der Waals surface area contributed by atoms with Gasteiger partial charge in [0.25, 0.3) is 0 Å². The minimum atomic E-state index is -0.839. The predicted molar refractivity (Wildman–Crippen MR) is 127 cm³/mol. The van der Waals surface area contributed by atoms with Gasteiger partial charge in [-0.1, -0.05) is 57.9 Å². The third-order valence-electron chi connectivity index (χ3n) is 7.31. The molecule has 4 rings (SSSR count). The largest absolute Gasteiger partial charge is 0.461 e. The molecule has 2 fully saturated rings. The number of ether oxygens (including phenoxy) is 1. The Morgan fingerprint density at radius 1 is 1.21 bits per heavy atom. The number of carbonyl (C=O) groups is 3.